The molecule has 0 aromatic carbocycles. The van der Waals surface area contributed by atoms with Crippen molar-refractivity contribution in [1.29, 1.82) is 0 Å². The number of rotatable bonds is 10. The molecule has 0 aromatic rings. The Balaban J connectivity index is 1.99. The highest BCUT2D eigenvalue weighted by Crippen LogP contribution is 2.12. The fraction of sp³-hybridized carbons (Fsp3) is 1.00. The first-order valence-corrected chi connectivity index (χ1v) is 6.17. The van der Waals surface area contributed by atoms with E-state index in [9.17, 15) is 0 Å². The van der Waals surface area contributed by atoms with E-state index in [1.54, 1.807) is 0 Å². The number of epoxide rings is 1. The first kappa shape index (κ1) is 12.9. The summed E-state index contributed by atoms with van der Waals surface area (Å²) in [6, 6.07) is 0. The van der Waals surface area contributed by atoms with Gasteiger partial charge in [0.1, 0.15) is 6.10 Å². The van der Waals surface area contributed by atoms with Gasteiger partial charge in [-0.05, 0) is 12.8 Å². The van der Waals surface area contributed by atoms with Gasteiger partial charge in [-0.2, -0.15) is 0 Å². The minimum Gasteiger partial charge on any atom is -0.379 e. The second-order valence-corrected chi connectivity index (χ2v) is 4.13. The van der Waals surface area contributed by atoms with Crippen LogP contribution in [0.1, 0.15) is 39.5 Å². The topological polar surface area (TPSA) is 31.0 Å². The second kappa shape index (κ2) is 8.08. The molecule has 1 heterocycles. The van der Waals surface area contributed by atoms with Gasteiger partial charge in [-0.1, -0.05) is 26.7 Å². The van der Waals surface area contributed by atoms with Crippen LogP contribution in [0.3, 0.4) is 0 Å². The van der Waals surface area contributed by atoms with Crippen molar-refractivity contribution >= 4 is 0 Å². The molecule has 0 N–H and O–H groups in total. The molecule has 1 aliphatic heterocycles. The third kappa shape index (κ3) is 6.88. The molecule has 0 bridgehead atoms. The zero-order chi connectivity index (χ0) is 10.9. The van der Waals surface area contributed by atoms with E-state index in [0.29, 0.717) is 6.10 Å². The molecule has 0 amide bonds. The Morgan fingerprint density at radius 3 is 2.73 bits per heavy atom. The lowest BCUT2D eigenvalue weighted by molar-refractivity contribution is -0.0258. The van der Waals surface area contributed by atoms with Crippen LogP contribution in [0.25, 0.3) is 0 Å². The molecule has 1 fully saturated rings. The standard InChI is InChI=1S/C12H24O3/c1-3-5-7-13-8-11(6-4-2)14-9-12-10-15-12/h11-12H,3-10H2,1-2H3. The van der Waals surface area contributed by atoms with Gasteiger partial charge >= 0.3 is 0 Å². The van der Waals surface area contributed by atoms with Crippen LogP contribution in [0, 0.1) is 0 Å². The van der Waals surface area contributed by atoms with Gasteiger partial charge in [-0.15, -0.1) is 0 Å². The third-order valence-corrected chi connectivity index (χ3v) is 2.48. The van der Waals surface area contributed by atoms with Gasteiger partial charge in [0.15, 0.2) is 0 Å². The Kier molecular flexibility index (Phi) is 6.98. The average Bonchev–Trinajstić information content (AvgIpc) is 3.04. The van der Waals surface area contributed by atoms with Crippen molar-refractivity contribution in [1.82, 2.24) is 0 Å². The summed E-state index contributed by atoms with van der Waals surface area (Å²) in [7, 11) is 0. The molecule has 0 aliphatic carbocycles. The van der Waals surface area contributed by atoms with Gasteiger partial charge in [-0.25, -0.2) is 0 Å². The van der Waals surface area contributed by atoms with E-state index in [-0.39, 0.29) is 6.10 Å². The summed E-state index contributed by atoms with van der Waals surface area (Å²) in [5.74, 6) is 0. The highest BCUT2D eigenvalue weighted by Gasteiger charge is 2.24. The lowest BCUT2D eigenvalue weighted by atomic mass is 10.2. The van der Waals surface area contributed by atoms with E-state index < -0.39 is 0 Å². The Hall–Kier alpha value is -0.120. The van der Waals surface area contributed by atoms with Crippen LogP contribution >= 0.6 is 0 Å². The summed E-state index contributed by atoms with van der Waals surface area (Å²) in [5.41, 5.74) is 0. The van der Waals surface area contributed by atoms with E-state index >= 15 is 0 Å². The van der Waals surface area contributed by atoms with Gasteiger partial charge in [0.25, 0.3) is 0 Å². The highest BCUT2D eigenvalue weighted by molar-refractivity contribution is 4.69. The van der Waals surface area contributed by atoms with E-state index in [2.05, 4.69) is 13.8 Å². The molecule has 3 nitrogen and oxygen atoms in total. The summed E-state index contributed by atoms with van der Waals surface area (Å²) in [4.78, 5) is 0. The van der Waals surface area contributed by atoms with Crippen LogP contribution in [0.5, 0.6) is 0 Å². The van der Waals surface area contributed by atoms with Crippen molar-refractivity contribution in [3.8, 4) is 0 Å². The van der Waals surface area contributed by atoms with Gasteiger partial charge in [0.2, 0.25) is 0 Å². The van der Waals surface area contributed by atoms with Crippen LogP contribution in [0.2, 0.25) is 0 Å². The van der Waals surface area contributed by atoms with Crippen molar-refractivity contribution in [3.63, 3.8) is 0 Å². The van der Waals surface area contributed by atoms with Crippen LogP contribution < -0.4 is 0 Å². The maximum absolute atomic E-state index is 5.74. The monoisotopic (exact) mass is 216 g/mol. The molecule has 1 aliphatic rings. The Bertz CT molecular complexity index is 146. The quantitative estimate of drug-likeness (QED) is 0.415. The predicted octanol–water partition coefficient (Wildman–Crippen LogP) is 2.39. The van der Waals surface area contributed by atoms with Crippen molar-refractivity contribution in [2.24, 2.45) is 0 Å². The van der Waals surface area contributed by atoms with Gasteiger partial charge in [0.05, 0.1) is 25.9 Å². The first-order valence-electron chi connectivity index (χ1n) is 6.17. The second-order valence-electron chi connectivity index (χ2n) is 4.13. The first-order chi connectivity index (χ1) is 7.36. The summed E-state index contributed by atoms with van der Waals surface area (Å²) >= 11 is 0. The van der Waals surface area contributed by atoms with Gasteiger partial charge in [-0.3, -0.25) is 0 Å². The molecule has 2 atom stereocenters. The van der Waals surface area contributed by atoms with Gasteiger partial charge in [0, 0.05) is 6.61 Å². The fourth-order valence-corrected chi connectivity index (χ4v) is 1.41. The van der Waals surface area contributed by atoms with Crippen molar-refractivity contribution < 1.29 is 14.2 Å². The van der Waals surface area contributed by atoms with E-state index in [1.165, 1.54) is 6.42 Å². The van der Waals surface area contributed by atoms with E-state index in [1.807, 2.05) is 0 Å². The molecule has 2 unspecified atom stereocenters. The van der Waals surface area contributed by atoms with Crippen LogP contribution in [-0.2, 0) is 14.2 Å². The molecule has 0 radical (unpaired) electrons. The SMILES string of the molecule is CCCCOCC(CCC)OCC1CO1. The zero-order valence-electron chi connectivity index (χ0n) is 10.0. The molecule has 3 heteroatoms. The zero-order valence-corrected chi connectivity index (χ0v) is 10.0. The third-order valence-electron chi connectivity index (χ3n) is 2.48. The Labute approximate surface area is 93.1 Å². The number of unbranched alkanes of at least 4 members (excludes halogenated alkanes) is 1. The van der Waals surface area contributed by atoms with Gasteiger partial charge < -0.3 is 14.2 Å². The fourth-order valence-electron chi connectivity index (χ4n) is 1.41. The largest absolute Gasteiger partial charge is 0.379 e. The van der Waals surface area contributed by atoms with Crippen LogP contribution in [-0.4, -0.2) is 38.6 Å². The molecule has 15 heavy (non-hydrogen) atoms. The minimum absolute atomic E-state index is 0.260. The molecule has 0 aromatic heterocycles. The number of hydrogen-bond acceptors (Lipinski definition) is 3. The van der Waals surface area contributed by atoms with Crippen molar-refractivity contribution in [2.45, 2.75) is 51.7 Å². The Morgan fingerprint density at radius 2 is 2.13 bits per heavy atom. The molecule has 1 rings (SSSR count). The van der Waals surface area contributed by atoms with Crippen molar-refractivity contribution in [3.05, 3.63) is 0 Å². The maximum Gasteiger partial charge on any atom is 0.104 e. The molecule has 1 saturated heterocycles. The number of ether oxygens (including phenoxy) is 3. The minimum atomic E-state index is 0.260. The molecular formula is C12H24O3. The van der Waals surface area contributed by atoms with Crippen molar-refractivity contribution in [2.75, 3.05) is 26.4 Å². The van der Waals surface area contributed by atoms with Crippen LogP contribution in [0.15, 0.2) is 0 Å². The lowest BCUT2D eigenvalue weighted by Crippen LogP contribution is -2.22. The smallest absolute Gasteiger partial charge is 0.104 e. The van der Waals surface area contributed by atoms with E-state index in [0.717, 1.165) is 45.7 Å². The highest BCUT2D eigenvalue weighted by atomic mass is 16.6. The summed E-state index contributed by atoms with van der Waals surface area (Å²) in [6.07, 6.45) is 5.18. The number of hydrogen-bond donors (Lipinski definition) is 0. The summed E-state index contributed by atoms with van der Waals surface area (Å²) in [6.45, 7) is 7.56. The maximum atomic E-state index is 5.74. The Morgan fingerprint density at radius 1 is 1.33 bits per heavy atom. The average molecular weight is 216 g/mol. The van der Waals surface area contributed by atoms with E-state index in [4.69, 9.17) is 14.2 Å². The summed E-state index contributed by atoms with van der Waals surface area (Å²) < 4.78 is 16.4. The normalized spacial score (nSPS) is 21.6. The summed E-state index contributed by atoms with van der Waals surface area (Å²) in [5, 5.41) is 0. The molecule has 90 valence electrons. The predicted molar refractivity (Wildman–Crippen MR) is 60.1 cm³/mol. The lowest BCUT2D eigenvalue weighted by Gasteiger charge is -2.16. The molecule has 0 spiro atoms. The molecule has 0 saturated carbocycles. The van der Waals surface area contributed by atoms with Crippen LogP contribution in [0.4, 0.5) is 0 Å². The molecular weight excluding hydrogens is 192 g/mol.